The molecule has 0 spiro atoms. The monoisotopic (exact) mass is 404 g/mol. The highest BCUT2D eigenvalue weighted by atomic mass is 16.1. The van der Waals surface area contributed by atoms with Gasteiger partial charge >= 0.3 is 0 Å². The minimum absolute atomic E-state index is 0.109. The van der Waals surface area contributed by atoms with Gasteiger partial charge in [0.15, 0.2) is 0 Å². The minimum atomic E-state index is -0.109. The molecule has 30 heavy (non-hydrogen) atoms. The topological polar surface area (TPSA) is 68.0 Å². The number of nitrogens with zero attached hydrogens (tertiary/aromatic N) is 5. The average Bonchev–Trinajstić information content (AvgIpc) is 3.31. The van der Waals surface area contributed by atoms with Gasteiger partial charge in [0, 0.05) is 31.4 Å². The second-order valence-corrected chi connectivity index (χ2v) is 7.36. The molecule has 0 aliphatic rings. The van der Waals surface area contributed by atoms with Crippen LogP contribution in [0.15, 0.2) is 48.8 Å². The summed E-state index contributed by atoms with van der Waals surface area (Å²) in [6.45, 7) is 7.97. The molecule has 7 nitrogen and oxygen atoms in total. The van der Waals surface area contributed by atoms with Gasteiger partial charge < -0.3 is 14.8 Å². The van der Waals surface area contributed by atoms with E-state index in [0.717, 1.165) is 48.0 Å². The molecule has 0 saturated carbocycles. The predicted molar refractivity (Wildman–Crippen MR) is 120 cm³/mol. The molecular weight excluding hydrogens is 376 g/mol. The summed E-state index contributed by atoms with van der Waals surface area (Å²) in [5, 5.41) is 4.15. The van der Waals surface area contributed by atoms with Crippen molar-refractivity contribution >= 4 is 27.8 Å². The first kappa shape index (κ1) is 20.1. The van der Waals surface area contributed by atoms with Gasteiger partial charge in [0.2, 0.25) is 5.95 Å². The summed E-state index contributed by atoms with van der Waals surface area (Å²) in [5.74, 6) is 0.388. The second kappa shape index (κ2) is 8.67. The van der Waals surface area contributed by atoms with Gasteiger partial charge in [-0.05, 0) is 44.3 Å². The molecule has 156 valence electrons. The van der Waals surface area contributed by atoms with Crippen LogP contribution < -0.4 is 5.32 Å². The van der Waals surface area contributed by atoms with Crippen molar-refractivity contribution in [2.45, 2.75) is 20.3 Å². The Morgan fingerprint density at radius 3 is 2.53 bits per heavy atom. The molecule has 0 atom stereocenters. The Kier molecular flexibility index (Phi) is 5.81. The Morgan fingerprint density at radius 2 is 1.80 bits per heavy atom. The number of amides is 1. The summed E-state index contributed by atoms with van der Waals surface area (Å²) in [6, 6.07) is 11.9. The van der Waals surface area contributed by atoms with Crippen molar-refractivity contribution in [3.8, 4) is 5.95 Å². The van der Waals surface area contributed by atoms with Crippen LogP contribution in [-0.4, -0.2) is 56.1 Å². The molecule has 7 heteroatoms. The van der Waals surface area contributed by atoms with Crippen molar-refractivity contribution in [2.75, 3.05) is 26.2 Å². The summed E-state index contributed by atoms with van der Waals surface area (Å²) in [6.07, 6.45) is 4.31. The van der Waals surface area contributed by atoms with Crippen molar-refractivity contribution in [1.82, 2.24) is 29.3 Å². The van der Waals surface area contributed by atoms with Crippen LogP contribution in [0.3, 0.4) is 0 Å². The van der Waals surface area contributed by atoms with Crippen LogP contribution in [0.2, 0.25) is 0 Å². The number of aromatic nitrogens is 4. The van der Waals surface area contributed by atoms with Crippen LogP contribution in [0.1, 0.15) is 30.8 Å². The zero-order valence-corrected chi connectivity index (χ0v) is 17.8. The van der Waals surface area contributed by atoms with Crippen LogP contribution >= 0.6 is 0 Å². The highest BCUT2D eigenvalue weighted by Crippen LogP contribution is 2.32. The van der Waals surface area contributed by atoms with Crippen molar-refractivity contribution in [3.05, 3.63) is 54.5 Å². The Morgan fingerprint density at radius 1 is 1.07 bits per heavy atom. The number of para-hydroxylation sites is 1. The molecule has 1 amide bonds. The Hall–Kier alpha value is -3.19. The molecule has 1 N–H and O–H groups in total. The molecule has 0 aliphatic carbocycles. The molecule has 3 aromatic heterocycles. The fourth-order valence-electron chi connectivity index (χ4n) is 4.02. The van der Waals surface area contributed by atoms with Gasteiger partial charge in [0.05, 0.1) is 16.6 Å². The molecule has 0 saturated heterocycles. The van der Waals surface area contributed by atoms with E-state index < -0.39 is 0 Å². The van der Waals surface area contributed by atoms with Crippen molar-refractivity contribution in [3.63, 3.8) is 0 Å². The van der Waals surface area contributed by atoms with Crippen molar-refractivity contribution < 1.29 is 4.79 Å². The molecule has 0 bridgehead atoms. The highest BCUT2D eigenvalue weighted by Gasteiger charge is 2.22. The van der Waals surface area contributed by atoms with Crippen molar-refractivity contribution in [1.29, 1.82) is 0 Å². The first-order chi connectivity index (χ1) is 14.7. The van der Waals surface area contributed by atoms with Crippen LogP contribution in [-0.2, 0) is 7.05 Å². The molecular formula is C23H28N6O. The zero-order valence-electron chi connectivity index (χ0n) is 17.8. The van der Waals surface area contributed by atoms with Crippen molar-refractivity contribution in [2.24, 2.45) is 7.05 Å². The lowest BCUT2D eigenvalue weighted by atomic mass is 10.2. The van der Waals surface area contributed by atoms with E-state index in [-0.39, 0.29) is 5.91 Å². The van der Waals surface area contributed by atoms with Crippen LogP contribution in [0.5, 0.6) is 0 Å². The lowest BCUT2D eigenvalue weighted by molar-refractivity contribution is 0.0945. The zero-order chi connectivity index (χ0) is 21.1. The molecule has 4 aromatic rings. The fraction of sp³-hybridized carbons (Fsp3) is 0.348. The number of aryl methyl sites for hydroxylation is 1. The van der Waals surface area contributed by atoms with Crippen LogP contribution in [0.25, 0.3) is 27.9 Å². The number of rotatable bonds is 8. The van der Waals surface area contributed by atoms with Gasteiger partial charge in [-0.2, -0.15) is 0 Å². The average molecular weight is 405 g/mol. The van der Waals surface area contributed by atoms with Gasteiger partial charge in [-0.25, -0.2) is 9.97 Å². The quantitative estimate of drug-likeness (QED) is 0.457. The van der Waals surface area contributed by atoms with E-state index in [2.05, 4.69) is 50.7 Å². The maximum absolute atomic E-state index is 13.1. The normalized spacial score (nSPS) is 11.6. The van der Waals surface area contributed by atoms with Gasteiger partial charge in [0.1, 0.15) is 5.69 Å². The SMILES string of the molecule is CCN(CC)CCCNC(=O)c1cc2c(c3ccccc3n2C)n1-c1ncccn1. The molecule has 4 rings (SSSR count). The standard InChI is InChI=1S/C23H28N6O/c1-4-28(5-2)15-9-14-24-22(30)20-16-19-21(29(20)23-25-12-8-13-26-23)17-10-6-7-11-18(17)27(19)3/h6-8,10-13,16H,4-5,9,14-15H2,1-3H3,(H,24,30). The van der Waals surface area contributed by atoms with Gasteiger partial charge in [-0.15, -0.1) is 0 Å². The number of carbonyl (C=O) groups is 1. The van der Waals surface area contributed by atoms with E-state index in [0.29, 0.717) is 18.2 Å². The van der Waals surface area contributed by atoms with E-state index in [1.807, 2.05) is 29.8 Å². The maximum atomic E-state index is 13.1. The largest absolute Gasteiger partial charge is 0.351 e. The summed E-state index contributed by atoms with van der Waals surface area (Å²) in [4.78, 5) is 24.3. The lowest BCUT2D eigenvalue weighted by Crippen LogP contribution is -2.31. The summed E-state index contributed by atoms with van der Waals surface area (Å²) in [7, 11) is 2.02. The van der Waals surface area contributed by atoms with E-state index in [9.17, 15) is 4.79 Å². The number of hydrogen-bond acceptors (Lipinski definition) is 4. The maximum Gasteiger partial charge on any atom is 0.268 e. The molecule has 3 heterocycles. The number of hydrogen-bond donors (Lipinski definition) is 1. The van der Waals surface area contributed by atoms with E-state index in [1.165, 1.54) is 0 Å². The number of nitrogens with one attached hydrogen (secondary N) is 1. The van der Waals surface area contributed by atoms with E-state index in [1.54, 1.807) is 18.5 Å². The predicted octanol–water partition coefficient (Wildman–Crippen LogP) is 3.37. The van der Waals surface area contributed by atoms with Gasteiger partial charge in [-0.3, -0.25) is 9.36 Å². The Labute approximate surface area is 176 Å². The first-order valence-corrected chi connectivity index (χ1v) is 10.5. The Bertz CT molecular complexity index is 1160. The molecule has 0 fully saturated rings. The van der Waals surface area contributed by atoms with Crippen LogP contribution in [0, 0.1) is 0 Å². The number of fused-ring (bicyclic) bond motifs is 3. The smallest absolute Gasteiger partial charge is 0.268 e. The summed E-state index contributed by atoms with van der Waals surface area (Å²) < 4.78 is 3.98. The molecule has 0 radical (unpaired) electrons. The van der Waals surface area contributed by atoms with Gasteiger partial charge in [0.25, 0.3) is 5.91 Å². The highest BCUT2D eigenvalue weighted by molar-refractivity contribution is 6.10. The third-order valence-electron chi connectivity index (χ3n) is 5.68. The number of carbonyl (C=O) groups excluding carboxylic acids is 1. The minimum Gasteiger partial charge on any atom is -0.351 e. The molecule has 1 aromatic carbocycles. The second-order valence-electron chi connectivity index (χ2n) is 7.36. The number of benzene rings is 1. The lowest BCUT2D eigenvalue weighted by Gasteiger charge is -2.17. The van der Waals surface area contributed by atoms with E-state index in [4.69, 9.17) is 0 Å². The Balaban J connectivity index is 1.71. The third kappa shape index (κ3) is 3.57. The van der Waals surface area contributed by atoms with Gasteiger partial charge in [-0.1, -0.05) is 32.0 Å². The first-order valence-electron chi connectivity index (χ1n) is 10.5. The fourth-order valence-corrected chi connectivity index (χ4v) is 4.02. The summed E-state index contributed by atoms with van der Waals surface area (Å²) >= 11 is 0. The van der Waals surface area contributed by atoms with E-state index >= 15 is 0 Å². The molecule has 0 aliphatic heterocycles. The van der Waals surface area contributed by atoms with Crippen LogP contribution in [0.4, 0.5) is 0 Å². The third-order valence-corrected chi connectivity index (χ3v) is 5.68. The summed E-state index contributed by atoms with van der Waals surface area (Å²) in [5.41, 5.74) is 3.60. The molecule has 0 unspecified atom stereocenters.